The fourth-order valence-corrected chi connectivity index (χ4v) is 4.07. The molecule has 6 heteroatoms. The molecule has 4 rings (SSSR count). The van der Waals surface area contributed by atoms with Gasteiger partial charge >= 0.3 is 0 Å². The smallest absolute Gasteiger partial charge is 0.227 e. The lowest BCUT2D eigenvalue weighted by Gasteiger charge is -2.33. The number of hydrogen-bond acceptors (Lipinski definition) is 5. The summed E-state index contributed by atoms with van der Waals surface area (Å²) >= 11 is 0. The van der Waals surface area contributed by atoms with Crippen molar-refractivity contribution < 1.29 is 14.1 Å². The number of rotatable bonds is 7. The summed E-state index contributed by atoms with van der Waals surface area (Å²) in [4.78, 5) is 19.2. The Kier molecular flexibility index (Phi) is 6.42. The monoisotopic (exact) mass is 405 g/mol. The quantitative estimate of drug-likeness (QED) is 0.590. The number of piperidine rings is 1. The van der Waals surface area contributed by atoms with E-state index in [1.54, 1.807) is 7.11 Å². The molecule has 0 spiro atoms. The summed E-state index contributed by atoms with van der Waals surface area (Å²) in [5, 5.41) is 4.05. The minimum absolute atomic E-state index is 0.157. The number of ether oxygens (including phenoxy) is 1. The summed E-state index contributed by atoms with van der Waals surface area (Å²) in [5.74, 6) is 2.33. The average molecular weight is 405 g/mol. The number of nitrogens with zero attached hydrogens (tertiary/aromatic N) is 3. The molecule has 3 aromatic rings. The molecule has 1 aliphatic heterocycles. The number of carbonyl (C=O) groups is 1. The summed E-state index contributed by atoms with van der Waals surface area (Å²) in [6, 6.07) is 18.1. The molecule has 0 unspecified atom stereocenters. The first kappa shape index (κ1) is 20.1. The highest BCUT2D eigenvalue weighted by Gasteiger charge is 2.24. The zero-order valence-electron chi connectivity index (χ0n) is 17.3. The molecule has 1 amide bonds. The van der Waals surface area contributed by atoms with Crippen molar-refractivity contribution >= 4 is 5.91 Å². The van der Waals surface area contributed by atoms with Crippen LogP contribution in [0.15, 0.2) is 59.1 Å². The van der Waals surface area contributed by atoms with Gasteiger partial charge in [-0.3, -0.25) is 4.79 Å². The molecule has 0 radical (unpaired) electrons. The third kappa shape index (κ3) is 4.87. The van der Waals surface area contributed by atoms with Crippen molar-refractivity contribution in [2.24, 2.45) is 5.92 Å². The van der Waals surface area contributed by atoms with E-state index in [1.807, 2.05) is 35.2 Å². The summed E-state index contributed by atoms with van der Waals surface area (Å²) < 4.78 is 10.7. The molecule has 2 aromatic carbocycles. The number of aromatic nitrogens is 2. The largest absolute Gasteiger partial charge is 0.496 e. The maximum Gasteiger partial charge on any atom is 0.227 e. The minimum atomic E-state index is 0.157. The predicted molar refractivity (Wildman–Crippen MR) is 114 cm³/mol. The summed E-state index contributed by atoms with van der Waals surface area (Å²) in [5.41, 5.74) is 2.12. The lowest BCUT2D eigenvalue weighted by atomic mass is 9.91. The maximum atomic E-state index is 12.8. The van der Waals surface area contributed by atoms with E-state index in [9.17, 15) is 4.79 Å². The van der Waals surface area contributed by atoms with Crippen LogP contribution in [0.1, 0.15) is 30.7 Å². The number of likely N-dealkylation sites (tertiary alicyclic amines) is 1. The van der Waals surface area contributed by atoms with Crippen LogP contribution in [0.5, 0.6) is 5.75 Å². The third-order valence-electron chi connectivity index (χ3n) is 5.61. The van der Waals surface area contributed by atoms with Crippen LogP contribution < -0.4 is 4.74 Å². The van der Waals surface area contributed by atoms with E-state index in [-0.39, 0.29) is 5.91 Å². The minimum Gasteiger partial charge on any atom is -0.496 e. The first-order chi connectivity index (χ1) is 14.7. The normalized spacial score (nSPS) is 16.4. The van der Waals surface area contributed by atoms with E-state index in [0.717, 1.165) is 31.5 Å². The SMILES string of the molecule is COc1ccccc1-c1noc(CCC(=O)N2CCC[C@@H](Cc3ccccc3)C2)n1. The second-order valence-electron chi connectivity index (χ2n) is 7.75. The van der Waals surface area contributed by atoms with Crippen LogP contribution in [0, 0.1) is 5.92 Å². The van der Waals surface area contributed by atoms with E-state index in [4.69, 9.17) is 9.26 Å². The number of methoxy groups -OCH3 is 1. The van der Waals surface area contributed by atoms with Gasteiger partial charge in [-0.25, -0.2) is 0 Å². The zero-order valence-corrected chi connectivity index (χ0v) is 17.3. The summed E-state index contributed by atoms with van der Waals surface area (Å²) in [7, 11) is 1.61. The molecule has 0 bridgehead atoms. The van der Waals surface area contributed by atoms with E-state index >= 15 is 0 Å². The van der Waals surface area contributed by atoms with Crippen LogP contribution in [0.4, 0.5) is 0 Å². The molecule has 1 aliphatic rings. The highest BCUT2D eigenvalue weighted by Crippen LogP contribution is 2.27. The fourth-order valence-electron chi connectivity index (χ4n) is 4.07. The lowest BCUT2D eigenvalue weighted by molar-refractivity contribution is -0.133. The summed E-state index contributed by atoms with van der Waals surface area (Å²) in [6.45, 7) is 1.66. The molecule has 1 atom stereocenters. The van der Waals surface area contributed by atoms with Crippen LogP contribution in [-0.4, -0.2) is 41.1 Å². The first-order valence-corrected chi connectivity index (χ1v) is 10.5. The van der Waals surface area contributed by atoms with Crippen molar-refractivity contribution in [1.29, 1.82) is 0 Å². The Bertz CT molecular complexity index is 971. The molecule has 0 aliphatic carbocycles. The number of carbonyl (C=O) groups excluding carboxylic acids is 1. The standard InChI is InChI=1S/C24H27N3O3/c1-29-21-12-6-5-11-20(21)24-25-22(30-26-24)13-14-23(28)27-15-7-10-19(17-27)16-18-8-3-2-4-9-18/h2-6,8-9,11-12,19H,7,10,13-17H2,1H3/t19-/m0/s1. The van der Waals surface area contributed by atoms with Gasteiger partial charge in [-0.2, -0.15) is 4.98 Å². The van der Waals surface area contributed by atoms with Gasteiger partial charge in [0.2, 0.25) is 17.6 Å². The zero-order chi connectivity index (χ0) is 20.8. The van der Waals surface area contributed by atoms with Gasteiger partial charge < -0.3 is 14.2 Å². The predicted octanol–water partition coefficient (Wildman–Crippen LogP) is 4.16. The van der Waals surface area contributed by atoms with E-state index in [0.29, 0.717) is 36.2 Å². The van der Waals surface area contributed by atoms with E-state index < -0.39 is 0 Å². The average Bonchev–Trinajstić information content (AvgIpc) is 3.27. The maximum absolute atomic E-state index is 12.8. The molecular weight excluding hydrogens is 378 g/mol. The molecule has 2 heterocycles. The molecule has 30 heavy (non-hydrogen) atoms. The van der Waals surface area contributed by atoms with Crippen molar-refractivity contribution in [2.75, 3.05) is 20.2 Å². The Morgan fingerprint density at radius 3 is 2.80 bits per heavy atom. The van der Waals surface area contributed by atoms with Gasteiger partial charge in [0.25, 0.3) is 0 Å². The van der Waals surface area contributed by atoms with E-state index in [2.05, 4.69) is 34.4 Å². The lowest BCUT2D eigenvalue weighted by Crippen LogP contribution is -2.40. The van der Waals surface area contributed by atoms with Crippen LogP contribution >= 0.6 is 0 Å². The number of hydrogen-bond donors (Lipinski definition) is 0. The Morgan fingerprint density at radius 1 is 1.17 bits per heavy atom. The van der Waals surface area contributed by atoms with Gasteiger partial charge in [0.05, 0.1) is 12.7 Å². The van der Waals surface area contributed by atoms with Gasteiger partial charge in [0.15, 0.2) is 0 Å². The highest BCUT2D eigenvalue weighted by atomic mass is 16.5. The van der Waals surface area contributed by atoms with Crippen LogP contribution in [0.2, 0.25) is 0 Å². The number of benzene rings is 2. The van der Waals surface area contributed by atoms with Crippen LogP contribution in [0.3, 0.4) is 0 Å². The van der Waals surface area contributed by atoms with Gasteiger partial charge in [-0.15, -0.1) is 0 Å². The van der Waals surface area contributed by atoms with Crippen molar-refractivity contribution in [2.45, 2.75) is 32.1 Å². The third-order valence-corrected chi connectivity index (χ3v) is 5.61. The Labute approximate surface area is 176 Å². The fraction of sp³-hybridized carbons (Fsp3) is 0.375. The van der Waals surface area contributed by atoms with Crippen molar-refractivity contribution in [3.8, 4) is 17.1 Å². The molecular formula is C24H27N3O3. The van der Waals surface area contributed by atoms with Crippen molar-refractivity contribution in [3.05, 3.63) is 66.1 Å². The Balaban J connectivity index is 1.32. The molecule has 0 saturated carbocycles. The first-order valence-electron chi connectivity index (χ1n) is 10.5. The number of aryl methyl sites for hydroxylation is 1. The van der Waals surface area contributed by atoms with Crippen molar-refractivity contribution in [3.63, 3.8) is 0 Å². The van der Waals surface area contributed by atoms with Crippen LogP contribution in [0.25, 0.3) is 11.4 Å². The second-order valence-corrected chi connectivity index (χ2v) is 7.75. The molecule has 1 saturated heterocycles. The number of amides is 1. The molecule has 1 aromatic heterocycles. The second kappa shape index (κ2) is 9.57. The molecule has 156 valence electrons. The Morgan fingerprint density at radius 2 is 1.97 bits per heavy atom. The molecule has 0 N–H and O–H groups in total. The summed E-state index contributed by atoms with van der Waals surface area (Å²) in [6.07, 6.45) is 4.08. The van der Waals surface area contributed by atoms with Crippen molar-refractivity contribution in [1.82, 2.24) is 15.0 Å². The molecule has 1 fully saturated rings. The topological polar surface area (TPSA) is 68.5 Å². The molecule has 6 nitrogen and oxygen atoms in total. The van der Waals surface area contributed by atoms with Gasteiger partial charge in [0.1, 0.15) is 5.75 Å². The number of para-hydroxylation sites is 1. The van der Waals surface area contributed by atoms with Gasteiger partial charge in [-0.05, 0) is 42.9 Å². The van der Waals surface area contributed by atoms with Crippen LogP contribution in [-0.2, 0) is 17.6 Å². The van der Waals surface area contributed by atoms with Gasteiger partial charge in [0, 0.05) is 25.9 Å². The Hall–Kier alpha value is -3.15. The van der Waals surface area contributed by atoms with E-state index in [1.165, 1.54) is 12.0 Å². The highest BCUT2D eigenvalue weighted by molar-refractivity contribution is 5.76. The van der Waals surface area contributed by atoms with Gasteiger partial charge in [-0.1, -0.05) is 47.6 Å².